The minimum atomic E-state index is -0.364. The topological polar surface area (TPSA) is 69.2 Å². The highest BCUT2D eigenvalue weighted by atomic mass is 79.9. The number of carbonyl (C=O) groups excluding carboxylic acids is 1. The fourth-order valence-corrected chi connectivity index (χ4v) is 2.95. The average Bonchev–Trinajstić information content (AvgIpc) is 2.78. The van der Waals surface area contributed by atoms with Gasteiger partial charge in [0.2, 0.25) is 0 Å². The van der Waals surface area contributed by atoms with E-state index in [0.717, 1.165) is 21.3 Å². The number of amides is 1. The van der Waals surface area contributed by atoms with Crippen molar-refractivity contribution in [2.24, 2.45) is 5.10 Å². The van der Waals surface area contributed by atoms with Crippen molar-refractivity contribution in [1.82, 2.24) is 5.43 Å². The van der Waals surface area contributed by atoms with Crippen molar-refractivity contribution >= 4 is 28.1 Å². The quantitative estimate of drug-likeness (QED) is 0.369. The first kappa shape index (κ1) is 21.4. The van der Waals surface area contributed by atoms with Crippen LogP contribution in [0, 0.1) is 0 Å². The second-order valence-corrected chi connectivity index (χ2v) is 7.04. The normalized spacial score (nSPS) is 10.6. The Balaban J connectivity index is 1.54. The second-order valence-electron chi connectivity index (χ2n) is 6.19. The molecule has 3 aromatic rings. The molecule has 6 nitrogen and oxygen atoms in total. The van der Waals surface area contributed by atoms with Gasteiger partial charge in [-0.2, -0.15) is 5.10 Å². The zero-order chi connectivity index (χ0) is 21.2. The Morgan fingerprint density at radius 3 is 2.57 bits per heavy atom. The molecule has 0 saturated carbocycles. The smallest absolute Gasteiger partial charge is 0.277 e. The molecular weight excluding hydrogens is 448 g/mol. The van der Waals surface area contributed by atoms with Crippen molar-refractivity contribution in [3.8, 4) is 17.2 Å². The summed E-state index contributed by atoms with van der Waals surface area (Å²) in [5.41, 5.74) is 4.18. The van der Waals surface area contributed by atoms with Crippen LogP contribution >= 0.6 is 15.9 Å². The second kappa shape index (κ2) is 11.0. The molecule has 0 aromatic heterocycles. The van der Waals surface area contributed by atoms with E-state index in [1.807, 2.05) is 66.7 Å². The van der Waals surface area contributed by atoms with Crippen molar-refractivity contribution in [3.63, 3.8) is 0 Å². The molecular formula is C23H21BrN2O4. The van der Waals surface area contributed by atoms with E-state index < -0.39 is 0 Å². The van der Waals surface area contributed by atoms with Crippen molar-refractivity contribution in [1.29, 1.82) is 0 Å². The third kappa shape index (κ3) is 6.35. The molecule has 3 rings (SSSR count). The standard InChI is InChI=1S/C23H21BrN2O4/c1-28-19-9-6-7-17(13-19)15-29-21-11-4-2-8-18(21)14-25-26-23(27)16-30-22-12-5-3-10-20(22)24/h2-14H,15-16H2,1H3,(H,26,27)/b25-14+. The molecule has 0 fully saturated rings. The summed E-state index contributed by atoms with van der Waals surface area (Å²) in [7, 11) is 1.63. The highest BCUT2D eigenvalue weighted by molar-refractivity contribution is 9.10. The van der Waals surface area contributed by atoms with Crippen LogP contribution in [0.2, 0.25) is 0 Å². The lowest BCUT2D eigenvalue weighted by molar-refractivity contribution is -0.123. The van der Waals surface area contributed by atoms with Gasteiger partial charge >= 0.3 is 0 Å². The van der Waals surface area contributed by atoms with Crippen molar-refractivity contribution < 1.29 is 19.0 Å². The molecule has 0 aliphatic rings. The number of nitrogens with one attached hydrogen (secondary N) is 1. The summed E-state index contributed by atoms with van der Waals surface area (Å²) in [6.45, 7) is 0.238. The summed E-state index contributed by atoms with van der Waals surface area (Å²) < 4.78 is 17.4. The van der Waals surface area contributed by atoms with Gasteiger partial charge in [0, 0.05) is 5.56 Å². The van der Waals surface area contributed by atoms with E-state index >= 15 is 0 Å². The van der Waals surface area contributed by atoms with Crippen molar-refractivity contribution in [3.05, 3.63) is 88.4 Å². The van der Waals surface area contributed by atoms with Crippen LogP contribution in [0.1, 0.15) is 11.1 Å². The van der Waals surface area contributed by atoms with Gasteiger partial charge in [-0.25, -0.2) is 5.43 Å². The van der Waals surface area contributed by atoms with Gasteiger partial charge in [0.1, 0.15) is 23.9 Å². The Hall–Kier alpha value is -3.32. The number of methoxy groups -OCH3 is 1. The highest BCUT2D eigenvalue weighted by Crippen LogP contribution is 2.23. The molecule has 0 unspecified atom stereocenters. The largest absolute Gasteiger partial charge is 0.497 e. The molecule has 0 spiro atoms. The van der Waals surface area contributed by atoms with Crippen LogP contribution in [0.5, 0.6) is 17.2 Å². The first-order chi connectivity index (χ1) is 14.7. The van der Waals surface area contributed by atoms with E-state index in [0.29, 0.717) is 18.1 Å². The molecule has 30 heavy (non-hydrogen) atoms. The van der Waals surface area contributed by atoms with E-state index in [2.05, 4.69) is 26.5 Å². The number of halogens is 1. The first-order valence-corrected chi connectivity index (χ1v) is 9.99. The number of hydrogen-bond acceptors (Lipinski definition) is 5. The van der Waals surface area contributed by atoms with Gasteiger partial charge in [-0.15, -0.1) is 0 Å². The number of ether oxygens (including phenoxy) is 3. The van der Waals surface area contributed by atoms with Gasteiger partial charge in [-0.3, -0.25) is 4.79 Å². The zero-order valence-electron chi connectivity index (χ0n) is 16.4. The van der Waals surface area contributed by atoms with Gasteiger partial charge in [-0.05, 0) is 57.9 Å². The van der Waals surface area contributed by atoms with E-state index in [4.69, 9.17) is 14.2 Å². The van der Waals surface area contributed by atoms with Crippen LogP contribution in [0.4, 0.5) is 0 Å². The summed E-state index contributed by atoms with van der Waals surface area (Å²) >= 11 is 3.37. The monoisotopic (exact) mass is 468 g/mol. The maximum Gasteiger partial charge on any atom is 0.277 e. The Morgan fingerprint density at radius 1 is 1.00 bits per heavy atom. The lowest BCUT2D eigenvalue weighted by Crippen LogP contribution is -2.24. The minimum absolute atomic E-state index is 0.145. The number of hydrazone groups is 1. The van der Waals surface area contributed by atoms with E-state index in [-0.39, 0.29) is 12.5 Å². The van der Waals surface area contributed by atoms with Crippen molar-refractivity contribution in [2.75, 3.05) is 13.7 Å². The lowest BCUT2D eigenvalue weighted by atomic mass is 10.2. The molecule has 0 bridgehead atoms. The number of para-hydroxylation sites is 2. The van der Waals surface area contributed by atoms with Crippen LogP contribution in [-0.2, 0) is 11.4 Å². The molecule has 1 N–H and O–H groups in total. The van der Waals surface area contributed by atoms with Gasteiger partial charge in [0.15, 0.2) is 6.61 Å². The molecule has 0 heterocycles. The predicted molar refractivity (Wildman–Crippen MR) is 119 cm³/mol. The molecule has 1 amide bonds. The van der Waals surface area contributed by atoms with Gasteiger partial charge < -0.3 is 14.2 Å². The highest BCUT2D eigenvalue weighted by Gasteiger charge is 2.05. The number of nitrogens with zero attached hydrogens (tertiary/aromatic N) is 1. The predicted octanol–water partition coefficient (Wildman–Crippen LogP) is 4.57. The fourth-order valence-electron chi connectivity index (χ4n) is 2.55. The molecule has 0 saturated heterocycles. The van der Waals surface area contributed by atoms with E-state index in [1.165, 1.54) is 6.21 Å². The molecule has 0 aliphatic carbocycles. The maximum absolute atomic E-state index is 12.0. The number of benzene rings is 3. The summed E-state index contributed by atoms with van der Waals surface area (Å²) in [4.78, 5) is 12.0. The van der Waals surface area contributed by atoms with Crippen molar-refractivity contribution in [2.45, 2.75) is 6.61 Å². The summed E-state index contributed by atoms with van der Waals surface area (Å²) in [6.07, 6.45) is 1.54. The summed E-state index contributed by atoms with van der Waals surface area (Å²) in [5, 5.41) is 4.00. The van der Waals surface area contributed by atoms with Crippen LogP contribution < -0.4 is 19.6 Å². The maximum atomic E-state index is 12.0. The third-order valence-electron chi connectivity index (χ3n) is 4.04. The minimum Gasteiger partial charge on any atom is -0.497 e. The lowest BCUT2D eigenvalue weighted by Gasteiger charge is -2.10. The SMILES string of the molecule is COc1cccc(COc2ccccc2/C=N/NC(=O)COc2ccccc2Br)c1. The van der Waals surface area contributed by atoms with Gasteiger partial charge in [0.25, 0.3) is 5.91 Å². The van der Waals surface area contributed by atoms with E-state index in [1.54, 1.807) is 13.2 Å². The van der Waals surface area contributed by atoms with Crippen LogP contribution in [0.25, 0.3) is 0 Å². The molecule has 0 atom stereocenters. The fraction of sp³-hybridized carbons (Fsp3) is 0.130. The molecule has 3 aromatic carbocycles. The molecule has 0 aliphatic heterocycles. The Labute approximate surface area is 183 Å². The summed E-state index contributed by atoms with van der Waals surface area (Å²) in [5.74, 6) is 1.66. The number of rotatable bonds is 9. The van der Waals surface area contributed by atoms with Crippen LogP contribution in [-0.4, -0.2) is 25.8 Å². The summed E-state index contributed by atoms with van der Waals surface area (Å²) in [6, 6.07) is 22.4. The molecule has 0 radical (unpaired) electrons. The number of hydrogen-bond donors (Lipinski definition) is 1. The Kier molecular flexibility index (Phi) is 7.86. The van der Waals surface area contributed by atoms with Gasteiger partial charge in [-0.1, -0.05) is 36.4 Å². The van der Waals surface area contributed by atoms with E-state index in [9.17, 15) is 4.79 Å². The molecule has 154 valence electrons. The third-order valence-corrected chi connectivity index (χ3v) is 4.69. The average molecular weight is 469 g/mol. The molecule has 7 heteroatoms. The Bertz CT molecular complexity index is 1020. The first-order valence-electron chi connectivity index (χ1n) is 9.19. The van der Waals surface area contributed by atoms with Gasteiger partial charge in [0.05, 0.1) is 17.8 Å². The van der Waals surface area contributed by atoms with Crippen LogP contribution in [0.15, 0.2) is 82.4 Å². The number of carbonyl (C=O) groups is 1. The van der Waals surface area contributed by atoms with Crippen LogP contribution in [0.3, 0.4) is 0 Å². The zero-order valence-corrected chi connectivity index (χ0v) is 18.0. The Morgan fingerprint density at radius 2 is 1.77 bits per heavy atom.